The van der Waals surface area contributed by atoms with Gasteiger partial charge in [-0.2, -0.15) is 0 Å². The van der Waals surface area contributed by atoms with Crippen molar-refractivity contribution in [2.45, 2.75) is 26.7 Å². The molecule has 0 N–H and O–H groups in total. The van der Waals surface area contributed by atoms with Crippen LogP contribution in [-0.2, 0) is 34.0 Å². The van der Waals surface area contributed by atoms with Crippen molar-refractivity contribution >= 4 is 28.5 Å². The SMILES string of the molecule is CCOCc1c(C(=O)OCc2cc(Cl)cc3c2OCOC3)oc2ccccc12. The summed E-state index contributed by atoms with van der Waals surface area (Å²) in [5, 5.41) is 1.36. The number of para-hydroxylation sites is 1. The maximum Gasteiger partial charge on any atom is 0.374 e. The fourth-order valence-corrected chi connectivity index (χ4v) is 3.45. The summed E-state index contributed by atoms with van der Waals surface area (Å²) >= 11 is 6.16. The minimum Gasteiger partial charge on any atom is -0.467 e. The van der Waals surface area contributed by atoms with Gasteiger partial charge < -0.3 is 23.4 Å². The summed E-state index contributed by atoms with van der Waals surface area (Å²) in [6.45, 7) is 3.25. The summed E-state index contributed by atoms with van der Waals surface area (Å²) in [5.41, 5.74) is 2.80. The molecule has 0 spiro atoms. The summed E-state index contributed by atoms with van der Waals surface area (Å²) in [5.74, 6) is 0.226. The average molecular weight is 403 g/mol. The first-order chi connectivity index (χ1) is 13.7. The second-order valence-corrected chi connectivity index (χ2v) is 6.72. The summed E-state index contributed by atoms with van der Waals surface area (Å²) in [6.07, 6.45) is 0. The van der Waals surface area contributed by atoms with Crippen LogP contribution in [0.1, 0.15) is 34.2 Å². The van der Waals surface area contributed by atoms with Crippen LogP contribution in [0.3, 0.4) is 0 Å². The van der Waals surface area contributed by atoms with Crippen molar-refractivity contribution < 1.29 is 28.2 Å². The van der Waals surface area contributed by atoms with Crippen molar-refractivity contribution in [3.05, 3.63) is 63.9 Å². The lowest BCUT2D eigenvalue weighted by molar-refractivity contribution is -0.0180. The molecule has 2 heterocycles. The maximum absolute atomic E-state index is 12.8. The third-order valence-electron chi connectivity index (χ3n) is 4.44. The van der Waals surface area contributed by atoms with Gasteiger partial charge in [0.05, 0.1) is 13.2 Å². The molecule has 0 saturated heterocycles. The van der Waals surface area contributed by atoms with Crippen molar-refractivity contribution in [1.29, 1.82) is 0 Å². The average Bonchev–Trinajstić information content (AvgIpc) is 3.08. The minimum absolute atomic E-state index is 0.00679. The molecular weight excluding hydrogens is 384 g/mol. The highest BCUT2D eigenvalue weighted by Gasteiger charge is 2.23. The summed E-state index contributed by atoms with van der Waals surface area (Å²) in [7, 11) is 0. The molecule has 1 aromatic heterocycles. The molecule has 6 nitrogen and oxygen atoms in total. The second kappa shape index (κ2) is 8.22. The third-order valence-corrected chi connectivity index (χ3v) is 4.66. The first kappa shape index (κ1) is 18.8. The van der Waals surface area contributed by atoms with Crippen LogP contribution in [0.2, 0.25) is 5.02 Å². The van der Waals surface area contributed by atoms with E-state index in [1.54, 1.807) is 12.1 Å². The van der Waals surface area contributed by atoms with E-state index in [4.69, 9.17) is 35.0 Å². The van der Waals surface area contributed by atoms with Crippen LogP contribution in [0.5, 0.6) is 5.75 Å². The minimum atomic E-state index is -0.563. The lowest BCUT2D eigenvalue weighted by Crippen LogP contribution is -2.14. The molecule has 3 aromatic rings. The van der Waals surface area contributed by atoms with Gasteiger partial charge in [-0.1, -0.05) is 29.8 Å². The topological polar surface area (TPSA) is 67.1 Å². The molecule has 2 aromatic carbocycles. The molecule has 0 bridgehead atoms. The smallest absolute Gasteiger partial charge is 0.374 e. The molecule has 0 fully saturated rings. The van der Waals surface area contributed by atoms with Gasteiger partial charge >= 0.3 is 5.97 Å². The summed E-state index contributed by atoms with van der Waals surface area (Å²) in [6, 6.07) is 10.9. The zero-order valence-electron chi connectivity index (χ0n) is 15.3. The molecule has 0 atom stereocenters. The molecule has 7 heteroatoms. The van der Waals surface area contributed by atoms with Gasteiger partial charge in [-0.25, -0.2) is 4.79 Å². The molecule has 0 radical (unpaired) electrons. The molecular formula is C21H19ClO6. The second-order valence-electron chi connectivity index (χ2n) is 6.28. The van der Waals surface area contributed by atoms with Crippen LogP contribution in [-0.4, -0.2) is 19.4 Å². The molecule has 0 saturated carbocycles. The molecule has 28 heavy (non-hydrogen) atoms. The van der Waals surface area contributed by atoms with E-state index in [-0.39, 0.29) is 25.8 Å². The largest absolute Gasteiger partial charge is 0.467 e. The molecule has 1 aliphatic rings. The highest BCUT2D eigenvalue weighted by atomic mass is 35.5. The molecule has 0 aliphatic carbocycles. The Bertz CT molecular complexity index is 1010. The Hall–Kier alpha value is -2.54. The van der Waals surface area contributed by atoms with Gasteiger partial charge in [-0.3, -0.25) is 0 Å². The van der Waals surface area contributed by atoms with Gasteiger partial charge in [0.2, 0.25) is 5.76 Å². The highest BCUT2D eigenvalue weighted by molar-refractivity contribution is 6.30. The predicted molar refractivity (Wildman–Crippen MR) is 102 cm³/mol. The van der Waals surface area contributed by atoms with Gasteiger partial charge in [0.15, 0.2) is 6.79 Å². The number of furan rings is 1. The number of fused-ring (bicyclic) bond motifs is 2. The van der Waals surface area contributed by atoms with E-state index >= 15 is 0 Å². The van der Waals surface area contributed by atoms with E-state index in [1.807, 2.05) is 31.2 Å². The number of hydrogen-bond donors (Lipinski definition) is 0. The first-order valence-corrected chi connectivity index (χ1v) is 9.32. The standard InChI is InChI=1S/C21H19ClO6/c1-2-24-11-17-16-5-3-4-6-18(16)28-20(17)21(23)26-10-14-8-15(22)7-13-9-25-12-27-19(13)14/h3-8H,2,9-12H2,1H3. The number of ether oxygens (including phenoxy) is 4. The predicted octanol–water partition coefficient (Wildman–Crippen LogP) is 4.85. The van der Waals surface area contributed by atoms with E-state index in [9.17, 15) is 4.79 Å². The number of benzene rings is 2. The van der Waals surface area contributed by atoms with Crippen LogP contribution in [0.4, 0.5) is 0 Å². The Balaban J connectivity index is 1.59. The number of carbonyl (C=O) groups is 1. The van der Waals surface area contributed by atoms with Crippen molar-refractivity contribution in [2.24, 2.45) is 0 Å². The fourth-order valence-electron chi connectivity index (χ4n) is 3.18. The van der Waals surface area contributed by atoms with Gasteiger partial charge in [-0.15, -0.1) is 0 Å². The van der Waals surface area contributed by atoms with Crippen molar-refractivity contribution in [3.8, 4) is 5.75 Å². The molecule has 146 valence electrons. The quantitative estimate of drug-likeness (QED) is 0.549. The molecule has 1 aliphatic heterocycles. The van der Waals surface area contributed by atoms with Crippen molar-refractivity contribution in [2.75, 3.05) is 13.4 Å². The van der Waals surface area contributed by atoms with Crippen molar-refractivity contribution in [3.63, 3.8) is 0 Å². The lowest BCUT2D eigenvalue weighted by atomic mass is 10.1. The van der Waals surface area contributed by atoms with Gasteiger partial charge in [-0.05, 0) is 25.1 Å². The highest BCUT2D eigenvalue weighted by Crippen LogP contribution is 2.33. The molecule has 0 unspecified atom stereocenters. The van der Waals surface area contributed by atoms with E-state index in [2.05, 4.69) is 0 Å². The van der Waals surface area contributed by atoms with E-state index < -0.39 is 5.97 Å². The lowest BCUT2D eigenvalue weighted by Gasteiger charge is -2.21. The van der Waals surface area contributed by atoms with E-state index in [0.717, 1.165) is 10.9 Å². The Morgan fingerprint density at radius 2 is 2.07 bits per heavy atom. The monoisotopic (exact) mass is 402 g/mol. The van der Waals surface area contributed by atoms with E-state index in [0.29, 0.717) is 40.7 Å². The Kier molecular flexibility index (Phi) is 5.52. The summed E-state index contributed by atoms with van der Waals surface area (Å²) < 4.78 is 27.6. The third kappa shape index (κ3) is 3.71. The van der Waals surface area contributed by atoms with Crippen LogP contribution >= 0.6 is 11.6 Å². The fraction of sp³-hybridized carbons (Fsp3) is 0.286. The van der Waals surface area contributed by atoms with Gasteiger partial charge in [0.25, 0.3) is 0 Å². The number of carbonyl (C=O) groups excluding carboxylic acids is 1. The molecule has 0 amide bonds. The number of hydrogen-bond acceptors (Lipinski definition) is 6. The van der Waals surface area contributed by atoms with Crippen LogP contribution in [0.25, 0.3) is 11.0 Å². The van der Waals surface area contributed by atoms with Crippen LogP contribution < -0.4 is 4.74 Å². The number of esters is 1. The van der Waals surface area contributed by atoms with Gasteiger partial charge in [0, 0.05) is 33.7 Å². The normalized spacial score (nSPS) is 13.2. The molecule has 4 rings (SSSR count). The summed E-state index contributed by atoms with van der Waals surface area (Å²) in [4.78, 5) is 12.8. The van der Waals surface area contributed by atoms with Crippen molar-refractivity contribution in [1.82, 2.24) is 0 Å². The Morgan fingerprint density at radius 3 is 2.93 bits per heavy atom. The number of rotatable bonds is 6. The van der Waals surface area contributed by atoms with E-state index in [1.165, 1.54) is 0 Å². The van der Waals surface area contributed by atoms with Crippen LogP contribution in [0.15, 0.2) is 40.8 Å². The zero-order valence-corrected chi connectivity index (χ0v) is 16.1. The Morgan fingerprint density at radius 1 is 1.21 bits per heavy atom. The maximum atomic E-state index is 12.8. The number of halogens is 1. The van der Waals surface area contributed by atoms with Crippen LogP contribution in [0, 0.1) is 0 Å². The Labute approximate surface area is 166 Å². The van der Waals surface area contributed by atoms with Gasteiger partial charge in [0.1, 0.15) is 17.9 Å². The first-order valence-electron chi connectivity index (χ1n) is 8.94. The zero-order chi connectivity index (χ0) is 19.5.